The number of para-hydroxylation sites is 1. The molecule has 0 saturated heterocycles. The molecule has 1 atom stereocenters. The molecule has 1 unspecified atom stereocenters. The van der Waals surface area contributed by atoms with Crippen molar-refractivity contribution >= 4 is 18.1 Å². The number of benzene rings is 3. The molecule has 4 rings (SSSR count). The smallest absolute Gasteiger partial charge is 0.331 e. The SMILES string of the molecule is O=C(/C=C/c1ccccc1)OC(C/C=C/c1ccccc1)c1cccc2c1OCO2. The zero-order valence-corrected chi connectivity index (χ0v) is 16.4. The molecule has 4 heteroatoms. The van der Waals surface area contributed by atoms with Crippen molar-refractivity contribution in [3.8, 4) is 11.5 Å². The van der Waals surface area contributed by atoms with Crippen LogP contribution in [-0.4, -0.2) is 12.8 Å². The molecule has 0 amide bonds. The number of carbonyl (C=O) groups excluding carboxylic acids is 1. The Balaban J connectivity index is 1.53. The lowest BCUT2D eigenvalue weighted by Gasteiger charge is -2.17. The summed E-state index contributed by atoms with van der Waals surface area (Å²) < 4.78 is 16.9. The van der Waals surface area contributed by atoms with Crippen molar-refractivity contribution in [2.24, 2.45) is 0 Å². The van der Waals surface area contributed by atoms with Gasteiger partial charge in [-0.15, -0.1) is 0 Å². The van der Waals surface area contributed by atoms with Crippen molar-refractivity contribution < 1.29 is 19.0 Å². The van der Waals surface area contributed by atoms with Crippen molar-refractivity contribution in [2.45, 2.75) is 12.5 Å². The third-order valence-electron chi connectivity index (χ3n) is 4.70. The molecule has 3 aromatic rings. The van der Waals surface area contributed by atoms with Gasteiger partial charge < -0.3 is 14.2 Å². The van der Waals surface area contributed by atoms with Gasteiger partial charge in [0.1, 0.15) is 6.10 Å². The van der Waals surface area contributed by atoms with Crippen molar-refractivity contribution in [3.63, 3.8) is 0 Å². The average Bonchev–Trinajstić information content (AvgIpc) is 3.28. The van der Waals surface area contributed by atoms with Crippen LogP contribution in [-0.2, 0) is 9.53 Å². The zero-order valence-electron chi connectivity index (χ0n) is 16.4. The van der Waals surface area contributed by atoms with Gasteiger partial charge in [-0.05, 0) is 23.3 Å². The van der Waals surface area contributed by atoms with Gasteiger partial charge in [-0.3, -0.25) is 0 Å². The van der Waals surface area contributed by atoms with E-state index in [9.17, 15) is 4.79 Å². The van der Waals surface area contributed by atoms with Gasteiger partial charge in [0, 0.05) is 18.1 Å². The Hall–Kier alpha value is -3.79. The van der Waals surface area contributed by atoms with Crippen LogP contribution in [0.3, 0.4) is 0 Å². The normalized spacial score (nSPS) is 13.6. The molecule has 0 radical (unpaired) electrons. The van der Waals surface area contributed by atoms with E-state index in [4.69, 9.17) is 14.2 Å². The van der Waals surface area contributed by atoms with Gasteiger partial charge in [0.25, 0.3) is 0 Å². The van der Waals surface area contributed by atoms with Crippen LogP contribution in [0, 0.1) is 0 Å². The Morgan fingerprint density at radius 3 is 2.30 bits per heavy atom. The number of hydrogen-bond acceptors (Lipinski definition) is 4. The number of hydrogen-bond donors (Lipinski definition) is 0. The second-order valence-corrected chi connectivity index (χ2v) is 6.80. The minimum absolute atomic E-state index is 0.167. The largest absolute Gasteiger partial charge is 0.454 e. The summed E-state index contributed by atoms with van der Waals surface area (Å²) in [6.07, 6.45) is 7.23. The van der Waals surface area contributed by atoms with E-state index in [0.29, 0.717) is 17.9 Å². The summed E-state index contributed by atoms with van der Waals surface area (Å²) >= 11 is 0. The van der Waals surface area contributed by atoms with Gasteiger partial charge in [0.05, 0.1) is 0 Å². The number of fused-ring (bicyclic) bond motifs is 1. The summed E-state index contributed by atoms with van der Waals surface area (Å²) in [6, 6.07) is 25.3. The predicted octanol–water partition coefficient (Wildman–Crippen LogP) is 5.82. The highest BCUT2D eigenvalue weighted by Gasteiger charge is 2.25. The van der Waals surface area contributed by atoms with E-state index in [1.807, 2.05) is 91.0 Å². The Labute approximate surface area is 176 Å². The standard InChI is InChI=1S/C26H22O4/c27-25(18-17-21-11-5-2-6-12-21)30-23(15-7-13-20-9-3-1-4-10-20)22-14-8-16-24-26(22)29-19-28-24/h1-14,16-18,23H,15,19H2/b13-7+,18-17+. The molecule has 0 N–H and O–H groups in total. The second-order valence-electron chi connectivity index (χ2n) is 6.80. The molecular weight excluding hydrogens is 376 g/mol. The molecule has 1 aliphatic heterocycles. The number of carbonyl (C=O) groups is 1. The highest BCUT2D eigenvalue weighted by molar-refractivity contribution is 5.87. The van der Waals surface area contributed by atoms with E-state index < -0.39 is 12.1 Å². The van der Waals surface area contributed by atoms with E-state index in [2.05, 4.69) is 0 Å². The van der Waals surface area contributed by atoms with Gasteiger partial charge in [0.15, 0.2) is 11.5 Å². The molecule has 1 heterocycles. The van der Waals surface area contributed by atoms with Gasteiger partial charge in [-0.1, -0.05) is 84.9 Å². The van der Waals surface area contributed by atoms with E-state index in [0.717, 1.165) is 16.7 Å². The molecule has 4 nitrogen and oxygen atoms in total. The van der Waals surface area contributed by atoms with E-state index >= 15 is 0 Å². The lowest BCUT2D eigenvalue weighted by molar-refractivity contribution is -0.143. The number of esters is 1. The minimum Gasteiger partial charge on any atom is -0.454 e. The van der Waals surface area contributed by atoms with Crippen molar-refractivity contribution in [1.82, 2.24) is 0 Å². The molecule has 0 bridgehead atoms. The Morgan fingerprint density at radius 1 is 0.867 bits per heavy atom. The van der Waals surface area contributed by atoms with Crippen molar-refractivity contribution in [2.75, 3.05) is 6.79 Å². The first-order valence-corrected chi connectivity index (χ1v) is 9.83. The fourth-order valence-electron chi connectivity index (χ4n) is 3.24. The first-order chi connectivity index (χ1) is 14.8. The van der Waals surface area contributed by atoms with Crippen LogP contribution in [0.25, 0.3) is 12.2 Å². The molecule has 30 heavy (non-hydrogen) atoms. The van der Waals surface area contributed by atoms with Crippen LogP contribution in [0.15, 0.2) is 91.0 Å². The highest BCUT2D eigenvalue weighted by atomic mass is 16.7. The van der Waals surface area contributed by atoms with E-state index in [-0.39, 0.29) is 6.79 Å². The van der Waals surface area contributed by atoms with Crippen LogP contribution in [0.2, 0.25) is 0 Å². The monoisotopic (exact) mass is 398 g/mol. The maximum Gasteiger partial charge on any atom is 0.331 e. The molecule has 0 aliphatic carbocycles. The van der Waals surface area contributed by atoms with Crippen molar-refractivity contribution in [3.05, 3.63) is 108 Å². The third-order valence-corrected chi connectivity index (χ3v) is 4.70. The predicted molar refractivity (Wildman–Crippen MR) is 117 cm³/mol. The average molecular weight is 398 g/mol. The number of ether oxygens (including phenoxy) is 3. The fraction of sp³-hybridized carbons (Fsp3) is 0.115. The summed E-state index contributed by atoms with van der Waals surface area (Å²) in [6.45, 7) is 0.167. The third kappa shape index (κ3) is 4.97. The van der Waals surface area contributed by atoms with Crippen LogP contribution in [0.1, 0.15) is 29.2 Å². The molecule has 0 spiro atoms. The van der Waals surface area contributed by atoms with E-state index in [1.54, 1.807) is 6.08 Å². The molecule has 3 aromatic carbocycles. The minimum atomic E-state index is -0.491. The van der Waals surface area contributed by atoms with Crippen LogP contribution >= 0.6 is 0 Å². The first-order valence-electron chi connectivity index (χ1n) is 9.83. The summed E-state index contributed by atoms with van der Waals surface area (Å²) in [5.74, 6) is 0.893. The highest BCUT2D eigenvalue weighted by Crippen LogP contribution is 2.40. The maximum absolute atomic E-state index is 12.5. The molecule has 150 valence electrons. The van der Waals surface area contributed by atoms with Crippen molar-refractivity contribution in [1.29, 1.82) is 0 Å². The zero-order chi connectivity index (χ0) is 20.6. The van der Waals surface area contributed by atoms with Gasteiger partial charge >= 0.3 is 5.97 Å². The van der Waals surface area contributed by atoms with Gasteiger partial charge in [-0.2, -0.15) is 0 Å². The molecule has 0 fully saturated rings. The summed E-state index contributed by atoms with van der Waals surface area (Å²) in [4.78, 5) is 12.5. The summed E-state index contributed by atoms with van der Waals surface area (Å²) in [5.41, 5.74) is 2.82. The fourth-order valence-corrected chi connectivity index (χ4v) is 3.24. The Morgan fingerprint density at radius 2 is 1.57 bits per heavy atom. The molecule has 0 aromatic heterocycles. The van der Waals surface area contributed by atoms with Gasteiger partial charge in [0.2, 0.25) is 6.79 Å². The summed E-state index contributed by atoms with van der Waals surface area (Å²) in [7, 11) is 0. The topological polar surface area (TPSA) is 44.8 Å². The Bertz CT molecular complexity index is 1040. The van der Waals surface area contributed by atoms with E-state index in [1.165, 1.54) is 6.08 Å². The number of rotatable bonds is 7. The quantitative estimate of drug-likeness (QED) is 0.372. The summed E-state index contributed by atoms with van der Waals surface area (Å²) in [5, 5.41) is 0. The lowest BCUT2D eigenvalue weighted by Crippen LogP contribution is -2.10. The van der Waals surface area contributed by atoms with Crippen LogP contribution in [0.4, 0.5) is 0 Å². The van der Waals surface area contributed by atoms with Crippen LogP contribution in [0.5, 0.6) is 11.5 Å². The van der Waals surface area contributed by atoms with Gasteiger partial charge in [-0.25, -0.2) is 4.79 Å². The maximum atomic E-state index is 12.5. The lowest BCUT2D eigenvalue weighted by atomic mass is 10.0. The Kier molecular flexibility index (Phi) is 6.25. The molecule has 1 aliphatic rings. The molecule has 0 saturated carbocycles. The second kappa shape index (κ2) is 9.61. The first kappa shape index (κ1) is 19.5. The molecular formula is C26H22O4. The van der Waals surface area contributed by atoms with Crippen LogP contribution < -0.4 is 9.47 Å².